The first-order valence-corrected chi connectivity index (χ1v) is 6.22. The van der Waals surface area contributed by atoms with Crippen LogP contribution in [0.2, 0.25) is 0 Å². The van der Waals surface area contributed by atoms with Crippen molar-refractivity contribution in [3.05, 3.63) is 35.6 Å². The minimum Gasteiger partial charge on any atom is -0.464 e. The molecule has 1 aromatic carbocycles. The average molecular weight is 263 g/mol. The highest BCUT2D eigenvalue weighted by atomic mass is 19.1. The Labute approximate surface area is 113 Å². The molecule has 0 saturated heterocycles. The summed E-state index contributed by atoms with van der Waals surface area (Å²) in [6.07, 6.45) is 5.70. The number of hydrogen-bond acceptors (Lipinski definition) is 3. The second-order valence-electron chi connectivity index (χ2n) is 4.04. The summed E-state index contributed by atoms with van der Waals surface area (Å²) in [5, 5.41) is 3.02. The Morgan fingerprint density at radius 3 is 2.53 bits per heavy atom. The third-order valence-corrected chi connectivity index (χ3v) is 2.98. The predicted molar refractivity (Wildman–Crippen MR) is 71.8 cm³/mol. The van der Waals surface area contributed by atoms with E-state index >= 15 is 0 Å². The van der Waals surface area contributed by atoms with Gasteiger partial charge in [0.25, 0.3) is 0 Å². The lowest BCUT2D eigenvalue weighted by molar-refractivity contribution is -0.152. The number of terminal acetylenes is 1. The fourth-order valence-electron chi connectivity index (χ4n) is 1.96. The molecule has 0 amide bonds. The van der Waals surface area contributed by atoms with E-state index in [0.717, 1.165) is 0 Å². The summed E-state index contributed by atoms with van der Waals surface area (Å²) in [6.45, 7) is 4.09. The molecule has 19 heavy (non-hydrogen) atoms. The van der Waals surface area contributed by atoms with Crippen molar-refractivity contribution < 1.29 is 13.9 Å². The monoisotopic (exact) mass is 263 g/mol. The van der Waals surface area contributed by atoms with E-state index in [4.69, 9.17) is 11.2 Å². The molecule has 0 heterocycles. The molecule has 102 valence electrons. The van der Waals surface area contributed by atoms with Gasteiger partial charge in [-0.05, 0) is 31.0 Å². The van der Waals surface area contributed by atoms with Crippen molar-refractivity contribution in [3.8, 4) is 12.3 Å². The topological polar surface area (TPSA) is 38.3 Å². The molecule has 0 spiro atoms. The second-order valence-corrected chi connectivity index (χ2v) is 4.04. The quantitative estimate of drug-likeness (QED) is 0.631. The lowest BCUT2D eigenvalue weighted by atomic mass is 9.87. The molecule has 1 aromatic rings. The molecule has 0 bridgehead atoms. The number of benzene rings is 1. The van der Waals surface area contributed by atoms with E-state index in [9.17, 15) is 9.18 Å². The highest BCUT2D eigenvalue weighted by Crippen LogP contribution is 2.27. The van der Waals surface area contributed by atoms with E-state index in [1.165, 1.54) is 12.1 Å². The number of carbonyl (C=O) groups excluding carboxylic acids is 1. The van der Waals surface area contributed by atoms with Crippen LogP contribution in [-0.4, -0.2) is 19.1 Å². The molecule has 0 aliphatic rings. The summed E-state index contributed by atoms with van der Waals surface area (Å²) in [5.74, 6) is 1.69. The molecule has 1 rings (SSSR count). The van der Waals surface area contributed by atoms with Gasteiger partial charge >= 0.3 is 5.97 Å². The molecular formula is C15H18FNO2. The Bertz CT molecular complexity index is 464. The van der Waals surface area contributed by atoms with Crippen LogP contribution in [0.5, 0.6) is 0 Å². The van der Waals surface area contributed by atoms with Crippen molar-refractivity contribution in [2.45, 2.75) is 25.8 Å². The summed E-state index contributed by atoms with van der Waals surface area (Å²) >= 11 is 0. The maximum Gasteiger partial charge on any atom is 0.331 e. The Morgan fingerprint density at radius 1 is 1.42 bits per heavy atom. The number of rotatable bonds is 6. The first-order valence-electron chi connectivity index (χ1n) is 6.22. The summed E-state index contributed by atoms with van der Waals surface area (Å²) < 4.78 is 18.1. The summed E-state index contributed by atoms with van der Waals surface area (Å²) in [6, 6.07) is 5.77. The maximum atomic E-state index is 13.0. The number of esters is 1. The van der Waals surface area contributed by atoms with Crippen molar-refractivity contribution in [2.75, 3.05) is 13.2 Å². The van der Waals surface area contributed by atoms with Gasteiger partial charge in [0, 0.05) is 0 Å². The first kappa shape index (κ1) is 15.2. The highest BCUT2D eigenvalue weighted by molar-refractivity contribution is 5.82. The third kappa shape index (κ3) is 3.33. The smallest absolute Gasteiger partial charge is 0.331 e. The Morgan fingerprint density at radius 2 is 2.05 bits per heavy atom. The van der Waals surface area contributed by atoms with Crippen LogP contribution in [0.4, 0.5) is 4.39 Å². The Kier molecular flexibility index (Phi) is 5.53. The number of ether oxygens (including phenoxy) is 1. The molecule has 0 radical (unpaired) electrons. The normalized spacial score (nSPS) is 13.4. The Balaban J connectivity index is 3.19. The fourth-order valence-corrected chi connectivity index (χ4v) is 1.96. The average Bonchev–Trinajstić information content (AvgIpc) is 2.42. The van der Waals surface area contributed by atoms with E-state index in [0.29, 0.717) is 12.0 Å². The SMILES string of the molecule is C#CCNC(CC)(C(=O)OCC)c1ccc(F)cc1. The predicted octanol–water partition coefficient (Wildman–Crippen LogP) is 2.22. The molecule has 3 nitrogen and oxygen atoms in total. The van der Waals surface area contributed by atoms with Gasteiger partial charge in [-0.2, -0.15) is 0 Å². The number of hydrogen-bond donors (Lipinski definition) is 1. The molecular weight excluding hydrogens is 245 g/mol. The lowest BCUT2D eigenvalue weighted by Crippen LogP contribution is -2.50. The van der Waals surface area contributed by atoms with E-state index in [1.54, 1.807) is 19.1 Å². The number of halogens is 1. The van der Waals surface area contributed by atoms with Gasteiger partial charge in [0.15, 0.2) is 0 Å². The Hall–Kier alpha value is -1.86. The standard InChI is InChI=1S/C15H18FNO2/c1-4-11-17-15(5-2,14(18)19-6-3)12-7-9-13(16)10-8-12/h1,7-10,17H,5-6,11H2,2-3H3. The molecule has 0 aromatic heterocycles. The van der Waals surface area contributed by atoms with Gasteiger partial charge in [-0.3, -0.25) is 5.32 Å². The molecule has 0 fully saturated rings. The molecule has 0 aliphatic heterocycles. The van der Waals surface area contributed by atoms with Crippen molar-refractivity contribution >= 4 is 5.97 Å². The summed E-state index contributed by atoms with van der Waals surface area (Å²) in [7, 11) is 0. The molecule has 1 N–H and O–H groups in total. The van der Waals surface area contributed by atoms with Crippen LogP contribution in [0.1, 0.15) is 25.8 Å². The van der Waals surface area contributed by atoms with Crippen molar-refractivity contribution in [2.24, 2.45) is 0 Å². The van der Waals surface area contributed by atoms with Crippen molar-refractivity contribution in [3.63, 3.8) is 0 Å². The van der Waals surface area contributed by atoms with Crippen molar-refractivity contribution in [1.29, 1.82) is 0 Å². The third-order valence-electron chi connectivity index (χ3n) is 2.98. The molecule has 0 aliphatic carbocycles. The van der Waals surface area contributed by atoms with E-state index in [2.05, 4.69) is 11.2 Å². The van der Waals surface area contributed by atoms with E-state index < -0.39 is 11.5 Å². The van der Waals surface area contributed by atoms with Gasteiger partial charge in [-0.1, -0.05) is 25.0 Å². The maximum absolute atomic E-state index is 13.0. The van der Waals surface area contributed by atoms with Gasteiger partial charge in [0.05, 0.1) is 13.2 Å². The molecule has 1 unspecified atom stereocenters. The van der Waals surface area contributed by atoms with E-state index in [-0.39, 0.29) is 19.0 Å². The van der Waals surface area contributed by atoms with Crippen LogP contribution in [-0.2, 0) is 15.1 Å². The zero-order valence-electron chi connectivity index (χ0n) is 11.2. The zero-order chi connectivity index (χ0) is 14.3. The van der Waals surface area contributed by atoms with Gasteiger partial charge in [0.1, 0.15) is 11.4 Å². The summed E-state index contributed by atoms with van der Waals surface area (Å²) in [4.78, 5) is 12.2. The van der Waals surface area contributed by atoms with Crippen LogP contribution >= 0.6 is 0 Å². The highest BCUT2D eigenvalue weighted by Gasteiger charge is 2.39. The molecule has 0 saturated carbocycles. The number of nitrogens with one attached hydrogen (secondary N) is 1. The van der Waals surface area contributed by atoms with Crippen LogP contribution in [0.3, 0.4) is 0 Å². The van der Waals surface area contributed by atoms with E-state index in [1.807, 2.05) is 6.92 Å². The molecule has 1 atom stereocenters. The minimum absolute atomic E-state index is 0.226. The summed E-state index contributed by atoms with van der Waals surface area (Å²) in [5.41, 5.74) is -0.388. The fraction of sp³-hybridized carbons (Fsp3) is 0.400. The van der Waals surface area contributed by atoms with Gasteiger partial charge < -0.3 is 4.74 Å². The van der Waals surface area contributed by atoms with Crippen LogP contribution in [0, 0.1) is 18.2 Å². The lowest BCUT2D eigenvalue weighted by Gasteiger charge is -2.31. The number of carbonyl (C=O) groups is 1. The van der Waals surface area contributed by atoms with Crippen LogP contribution in [0.25, 0.3) is 0 Å². The van der Waals surface area contributed by atoms with Gasteiger partial charge in [-0.25, -0.2) is 9.18 Å². The largest absolute Gasteiger partial charge is 0.464 e. The minimum atomic E-state index is -1.03. The van der Waals surface area contributed by atoms with Crippen LogP contribution in [0.15, 0.2) is 24.3 Å². The van der Waals surface area contributed by atoms with Gasteiger partial charge in [0.2, 0.25) is 0 Å². The zero-order valence-corrected chi connectivity index (χ0v) is 11.2. The van der Waals surface area contributed by atoms with Gasteiger partial charge in [-0.15, -0.1) is 6.42 Å². The molecule has 4 heteroatoms. The van der Waals surface area contributed by atoms with Crippen LogP contribution < -0.4 is 5.32 Å². The second kappa shape index (κ2) is 6.91. The van der Waals surface area contributed by atoms with Crippen molar-refractivity contribution in [1.82, 2.24) is 5.32 Å². The first-order chi connectivity index (χ1) is 9.10.